The number of fused-ring (bicyclic) bond motifs is 1. The molecule has 0 atom stereocenters. The molecular weight excluding hydrogens is 300 g/mol. The van der Waals surface area contributed by atoms with Crippen molar-refractivity contribution < 1.29 is 13.2 Å². The Labute approximate surface area is 130 Å². The molecule has 0 saturated heterocycles. The molecule has 5 nitrogen and oxygen atoms in total. The van der Waals surface area contributed by atoms with Gasteiger partial charge in [-0.2, -0.15) is 0 Å². The van der Waals surface area contributed by atoms with E-state index in [1.807, 2.05) is 13.8 Å². The van der Waals surface area contributed by atoms with Crippen LogP contribution in [0.15, 0.2) is 47.6 Å². The van der Waals surface area contributed by atoms with E-state index in [1.165, 1.54) is 17.5 Å². The van der Waals surface area contributed by atoms with E-state index in [4.69, 9.17) is 4.74 Å². The molecule has 6 heteroatoms. The molecule has 0 fully saturated rings. The zero-order valence-electron chi connectivity index (χ0n) is 12.8. The highest BCUT2D eigenvalue weighted by Gasteiger charge is 2.32. The van der Waals surface area contributed by atoms with Gasteiger partial charge in [-0.3, -0.25) is 9.29 Å². The zero-order chi connectivity index (χ0) is 16.0. The van der Waals surface area contributed by atoms with Crippen molar-refractivity contribution in [3.8, 4) is 5.75 Å². The molecule has 0 saturated carbocycles. The minimum absolute atomic E-state index is 0.263. The third-order valence-corrected chi connectivity index (χ3v) is 5.48. The van der Waals surface area contributed by atoms with Gasteiger partial charge in [0.05, 0.1) is 16.8 Å². The first kappa shape index (κ1) is 14.8. The predicted molar refractivity (Wildman–Crippen MR) is 84.7 cm³/mol. The van der Waals surface area contributed by atoms with Crippen molar-refractivity contribution in [1.29, 1.82) is 0 Å². The lowest BCUT2D eigenvalue weighted by atomic mass is 10.0. The fourth-order valence-electron chi connectivity index (χ4n) is 2.58. The van der Waals surface area contributed by atoms with Gasteiger partial charge in [0, 0.05) is 19.7 Å². The van der Waals surface area contributed by atoms with Gasteiger partial charge in [0.15, 0.2) is 0 Å². The van der Waals surface area contributed by atoms with Crippen LogP contribution in [0.4, 0.5) is 5.69 Å². The van der Waals surface area contributed by atoms with Crippen LogP contribution in [-0.2, 0) is 16.4 Å². The number of ether oxygens (including phenoxy) is 1. The van der Waals surface area contributed by atoms with E-state index >= 15 is 0 Å². The van der Waals surface area contributed by atoms with Crippen molar-refractivity contribution in [1.82, 2.24) is 4.98 Å². The van der Waals surface area contributed by atoms with Crippen LogP contribution in [0.1, 0.15) is 19.4 Å². The second-order valence-corrected chi connectivity index (χ2v) is 7.96. The molecule has 1 aromatic heterocycles. The third kappa shape index (κ3) is 2.54. The number of rotatable bonds is 3. The number of benzene rings is 1. The van der Waals surface area contributed by atoms with Gasteiger partial charge in [-0.1, -0.05) is 0 Å². The number of hydrogen-bond donors (Lipinski definition) is 0. The fourth-order valence-corrected chi connectivity index (χ4v) is 3.82. The van der Waals surface area contributed by atoms with Gasteiger partial charge in [-0.25, -0.2) is 8.42 Å². The molecule has 0 aliphatic carbocycles. The molecule has 0 bridgehead atoms. The second-order valence-electron chi connectivity index (χ2n) is 5.99. The molecule has 3 rings (SSSR count). The molecule has 0 radical (unpaired) electrons. The van der Waals surface area contributed by atoms with Crippen molar-refractivity contribution in [2.75, 3.05) is 11.4 Å². The Hall–Kier alpha value is -2.08. The molecule has 22 heavy (non-hydrogen) atoms. The van der Waals surface area contributed by atoms with Crippen LogP contribution < -0.4 is 9.04 Å². The zero-order valence-corrected chi connectivity index (χ0v) is 13.6. The van der Waals surface area contributed by atoms with Crippen LogP contribution >= 0.6 is 0 Å². The number of pyridine rings is 1. The van der Waals surface area contributed by atoms with E-state index < -0.39 is 10.0 Å². The summed E-state index contributed by atoms with van der Waals surface area (Å²) in [7, 11) is -2.09. The highest BCUT2D eigenvalue weighted by atomic mass is 32.2. The fraction of sp³-hybridized carbons (Fsp3) is 0.312. The monoisotopic (exact) mass is 318 g/mol. The standard InChI is InChI=1S/C16H18N2O3S/c1-16(2)10-12-9-14(6-7-15(12)21-16)22(19,20)18(3)13-5-4-8-17-11-13/h4-9,11H,10H2,1-3H3. The number of nitrogens with zero attached hydrogens (tertiary/aromatic N) is 2. The Kier molecular flexibility index (Phi) is 3.36. The van der Waals surface area contributed by atoms with Crippen LogP contribution in [0.5, 0.6) is 5.75 Å². The third-order valence-electron chi connectivity index (χ3n) is 3.70. The summed E-state index contributed by atoms with van der Waals surface area (Å²) >= 11 is 0. The average molecular weight is 318 g/mol. The lowest BCUT2D eigenvalue weighted by Gasteiger charge is -2.19. The van der Waals surface area contributed by atoms with Gasteiger partial charge >= 0.3 is 0 Å². The molecule has 1 aliphatic heterocycles. The number of anilines is 1. The Morgan fingerprint density at radius 1 is 1.27 bits per heavy atom. The van der Waals surface area contributed by atoms with Crippen molar-refractivity contribution in [3.05, 3.63) is 48.3 Å². The Morgan fingerprint density at radius 2 is 2.05 bits per heavy atom. The van der Waals surface area contributed by atoms with Crippen LogP contribution in [0, 0.1) is 0 Å². The summed E-state index contributed by atoms with van der Waals surface area (Å²) in [5.41, 5.74) is 1.16. The Bertz CT molecular complexity index is 801. The SMILES string of the molecule is CN(c1cccnc1)S(=O)(=O)c1ccc2c(c1)CC(C)(C)O2. The average Bonchev–Trinajstić information content (AvgIpc) is 2.80. The van der Waals surface area contributed by atoms with Crippen molar-refractivity contribution >= 4 is 15.7 Å². The van der Waals surface area contributed by atoms with Crippen LogP contribution in [-0.4, -0.2) is 26.1 Å². The van der Waals surface area contributed by atoms with Gasteiger partial charge in [0.25, 0.3) is 10.0 Å². The van der Waals surface area contributed by atoms with E-state index in [0.717, 1.165) is 11.3 Å². The first-order chi connectivity index (χ1) is 10.3. The van der Waals surface area contributed by atoms with Gasteiger partial charge in [-0.15, -0.1) is 0 Å². The molecule has 0 spiro atoms. The Morgan fingerprint density at radius 3 is 2.73 bits per heavy atom. The molecule has 0 amide bonds. The van der Waals surface area contributed by atoms with E-state index in [-0.39, 0.29) is 10.5 Å². The van der Waals surface area contributed by atoms with E-state index in [1.54, 1.807) is 36.5 Å². The summed E-state index contributed by atoms with van der Waals surface area (Å²) in [6.45, 7) is 3.98. The molecule has 0 unspecified atom stereocenters. The lowest BCUT2D eigenvalue weighted by molar-refractivity contribution is 0.138. The Balaban J connectivity index is 1.98. The number of aromatic nitrogens is 1. The summed E-state index contributed by atoms with van der Waals surface area (Å²) in [5.74, 6) is 0.757. The summed E-state index contributed by atoms with van der Waals surface area (Å²) in [5, 5.41) is 0. The number of hydrogen-bond acceptors (Lipinski definition) is 4. The minimum Gasteiger partial charge on any atom is -0.487 e. The molecule has 116 valence electrons. The maximum absolute atomic E-state index is 12.8. The molecule has 0 N–H and O–H groups in total. The topological polar surface area (TPSA) is 59.5 Å². The van der Waals surface area contributed by atoms with Gasteiger partial charge in [0.2, 0.25) is 0 Å². The van der Waals surface area contributed by atoms with Crippen molar-refractivity contribution in [2.45, 2.75) is 30.8 Å². The molecule has 2 aromatic rings. The minimum atomic E-state index is -3.61. The number of sulfonamides is 1. The summed E-state index contributed by atoms with van der Waals surface area (Å²) in [6.07, 6.45) is 3.83. The molecular formula is C16H18N2O3S. The van der Waals surface area contributed by atoms with Crippen LogP contribution in [0.25, 0.3) is 0 Å². The van der Waals surface area contributed by atoms with Gasteiger partial charge in [0.1, 0.15) is 11.4 Å². The first-order valence-corrected chi connectivity index (χ1v) is 8.44. The van der Waals surface area contributed by atoms with E-state index in [9.17, 15) is 8.42 Å². The highest BCUT2D eigenvalue weighted by molar-refractivity contribution is 7.92. The molecule has 1 aromatic carbocycles. The van der Waals surface area contributed by atoms with Gasteiger partial charge < -0.3 is 4.74 Å². The van der Waals surface area contributed by atoms with Crippen LogP contribution in [0.3, 0.4) is 0 Å². The summed E-state index contributed by atoms with van der Waals surface area (Å²) in [4.78, 5) is 4.23. The van der Waals surface area contributed by atoms with Gasteiger partial charge in [-0.05, 0) is 49.7 Å². The predicted octanol–water partition coefficient (Wildman–Crippen LogP) is 2.62. The second kappa shape index (κ2) is 4.98. The summed E-state index contributed by atoms with van der Waals surface area (Å²) in [6, 6.07) is 8.44. The highest BCUT2D eigenvalue weighted by Crippen LogP contribution is 2.36. The molecule has 1 aliphatic rings. The normalized spacial score (nSPS) is 16.0. The quantitative estimate of drug-likeness (QED) is 0.873. The van der Waals surface area contributed by atoms with Crippen LogP contribution in [0.2, 0.25) is 0 Å². The first-order valence-electron chi connectivity index (χ1n) is 7.00. The van der Waals surface area contributed by atoms with Crippen molar-refractivity contribution in [2.24, 2.45) is 0 Å². The smallest absolute Gasteiger partial charge is 0.264 e. The van der Waals surface area contributed by atoms with E-state index in [0.29, 0.717) is 12.1 Å². The largest absolute Gasteiger partial charge is 0.487 e. The molecule has 2 heterocycles. The summed E-state index contributed by atoms with van der Waals surface area (Å²) < 4.78 is 32.5. The van der Waals surface area contributed by atoms with Crippen molar-refractivity contribution in [3.63, 3.8) is 0 Å². The maximum Gasteiger partial charge on any atom is 0.264 e. The lowest BCUT2D eigenvalue weighted by Crippen LogP contribution is -2.26. The maximum atomic E-state index is 12.8. The van der Waals surface area contributed by atoms with E-state index in [2.05, 4.69) is 4.98 Å².